The van der Waals surface area contributed by atoms with Crippen LogP contribution in [0.1, 0.15) is 17.9 Å². The Morgan fingerprint density at radius 3 is 2.64 bits per heavy atom. The first-order valence-corrected chi connectivity index (χ1v) is 11.8. The predicted molar refractivity (Wildman–Crippen MR) is 107 cm³/mol. The molecule has 1 saturated heterocycles. The second-order valence-corrected chi connectivity index (χ2v) is 9.90. The van der Waals surface area contributed by atoms with Gasteiger partial charge in [-0.25, -0.2) is 8.42 Å². The lowest BCUT2D eigenvalue weighted by atomic mass is 10.1. The van der Waals surface area contributed by atoms with E-state index < -0.39 is 9.84 Å². The van der Waals surface area contributed by atoms with E-state index in [4.69, 9.17) is 9.15 Å². The van der Waals surface area contributed by atoms with Gasteiger partial charge in [0.1, 0.15) is 11.5 Å². The van der Waals surface area contributed by atoms with Crippen molar-refractivity contribution in [2.75, 3.05) is 11.5 Å². The van der Waals surface area contributed by atoms with Gasteiger partial charge in [-0.3, -0.25) is 0 Å². The predicted octanol–water partition coefficient (Wildman–Crippen LogP) is 4.13. The Morgan fingerprint density at radius 2 is 1.86 bits per heavy atom. The van der Waals surface area contributed by atoms with E-state index in [9.17, 15) is 8.42 Å². The highest BCUT2D eigenvalue weighted by Crippen LogP contribution is 2.31. The fourth-order valence-electron chi connectivity index (χ4n) is 3.14. The van der Waals surface area contributed by atoms with Crippen LogP contribution in [0, 0.1) is 5.92 Å². The zero-order valence-corrected chi connectivity index (χ0v) is 16.8. The number of para-hydroxylation sites is 2. The molecule has 0 N–H and O–H groups in total. The lowest BCUT2D eigenvalue weighted by Crippen LogP contribution is -2.07. The van der Waals surface area contributed by atoms with Gasteiger partial charge < -0.3 is 9.15 Å². The molecule has 0 amide bonds. The van der Waals surface area contributed by atoms with E-state index in [1.165, 1.54) is 11.8 Å². The van der Waals surface area contributed by atoms with Gasteiger partial charge in [0.25, 0.3) is 5.22 Å². The quantitative estimate of drug-likeness (QED) is 0.536. The molecule has 0 spiro atoms. The third kappa shape index (κ3) is 4.94. The molecule has 1 aliphatic heterocycles. The van der Waals surface area contributed by atoms with Crippen molar-refractivity contribution in [3.8, 4) is 11.5 Å². The molecule has 0 saturated carbocycles. The molecule has 1 fully saturated rings. The van der Waals surface area contributed by atoms with Gasteiger partial charge in [0.15, 0.2) is 9.84 Å². The Bertz CT molecular complexity index is 1040. The van der Waals surface area contributed by atoms with Gasteiger partial charge in [0, 0.05) is 17.7 Å². The number of thioether (sulfide) groups is 1. The normalized spacial score (nSPS) is 18.2. The summed E-state index contributed by atoms with van der Waals surface area (Å²) in [5.41, 5.74) is 1.03. The number of rotatable bonds is 7. The van der Waals surface area contributed by atoms with E-state index in [1.54, 1.807) is 0 Å². The van der Waals surface area contributed by atoms with Crippen LogP contribution in [0.4, 0.5) is 0 Å². The summed E-state index contributed by atoms with van der Waals surface area (Å²) in [6.45, 7) is 0. The second-order valence-electron chi connectivity index (χ2n) is 6.75. The van der Waals surface area contributed by atoms with Crippen molar-refractivity contribution < 1.29 is 17.6 Å². The van der Waals surface area contributed by atoms with Crippen molar-refractivity contribution in [2.45, 2.75) is 23.8 Å². The lowest BCUT2D eigenvalue weighted by molar-refractivity contribution is 0.389. The number of hydrogen-bond acceptors (Lipinski definition) is 7. The van der Waals surface area contributed by atoms with Gasteiger partial charge in [-0.15, -0.1) is 10.2 Å². The summed E-state index contributed by atoms with van der Waals surface area (Å²) in [5.74, 6) is 3.24. The van der Waals surface area contributed by atoms with Crippen molar-refractivity contribution in [1.82, 2.24) is 10.2 Å². The molecule has 1 aromatic heterocycles. The highest BCUT2D eigenvalue weighted by Gasteiger charge is 2.29. The van der Waals surface area contributed by atoms with Crippen LogP contribution in [0.2, 0.25) is 0 Å². The number of sulfone groups is 1. The lowest BCUT2D eigenvalue weighted by Gasteiger charge is -2.10. The fourth-order valence-corrected chi connectivity index (χ4v) is 5.77. The molecule has 146 valence electrons. The molecule has 1 aliphatic rings. The third-order valence-corrected chi connectivity index (χ3v) is 7.24. The molecule has 0 bridgehead atoms. The Labute approximate surface area is 168 Å². The topological polar surface area (TPSA) is 82.3 Å². The standard InChI is InChI=1S/C20H20N2O4S2/c23-28(24)11-10-15(14-28)12-19-21-22-20(26-19)27-13-16-6-4-5-9-18(16)25-17-7-2-1-3-8-17/h1-9,15H,10-14H2. The molecule has 8 heteroatoms. The van der Waals surface area contributed by atoms with E-state index in [0.717, 1.165) is 17.1 Å². The average Bonchev–Trinajstić information content (AvgIpc) is 3.27. The van der Waals surface area contributed by atoms with Gasteiger partial charge in [0.2, 0.25) is 5.89 Å². The summed E-state index contributed by atoms with van der Waals surface area (Å²) in [6.07, 6.45) is 1.18. The molecule has 0 aliphatic carbocycles. The van der Waals surface area contributed by atoms with Crippen LogP contribution in [0.5, 0.6) is 11.5 Å². The highest BCUT2D eigenvalue weighted by atomic mass is 32.2. The van der Waals surface area contributed by atoms with Crippen molar-refractivity contribution in [3.63, 3.8) is 0 Å². The number of nitrogens with zero attached hydrogens (tertiary/aromatic N) is 2. The minimum atomic E-state index is -2.89. The number of ether oxygens (including phenoxy) is 1. The Hall–Kier alpha value is -2.32. The molecule has 6 nitrogen and oxygen atoms in total. The molecule has 28 heavy (non-hydrogen) atoms. The molecule has 1 unspecified atom stereocenters. The van der Waals surface area contributed by atoms with Crippen LogP contribution in [-0.4, -0.2) is 30.1 Å². The molecule has 2 aromatic carbocycles. The molecule has 2 heterocycles. The monoisotopic (exact) mass is 416 g/mol. The van der Waals surface area contributed by atoms with E-state index in [2.05, 4.69) is 10.2 Å². The Morgan fingerprint density at radius 1 is 1.07 bits per heavy atom. The number of hydrogen-bond donors (Lipinski definition) is 0. The SMILES string of the molecule is O=S1(=O)CCC(Cc2nnc(SCc3ccccc3Oc3ccccc3)o2)C1. The van der Waals surface area contributed by atoms with Gasteiger partial charge in [0.05, 0.1) is 11.5 Å². The van der Waals surface area contributed by atoms with Crippen molar-refractivity contribution in [1.29, 1.82) is 0 Å². The number of aromatic nitrogens is 2. The summed E-state index contributed by atoms with van der Waals surface area (Å²) in [7, 11) is -2.89. The summed E-state index contributed by atoms with van der Waals surface area (Å²) in [6, 6.07) is 17.5. The summed E-state index contributed by atoms with van der Waals surface area (Å²) in [5, 5.41) is 8.62. The van der Waals surface area contributed by atoms with Gasteiger partial charge in [-0.05, 0) is 30.5 Å². The summed E-state index contributed by atoms with van der Waals surface area (Å²) in [4.78, 5) is 0. The van der Waals surface area contributed by atoms with Crippen LogP contribution in [0.3, 0.4) is 0 Å². The van der Waals surface area contributed by atoms with Crippen LogP contribution in [0.15, 0.2) is 64.2 Å². The van der Waals surface area contributed by atoms with Gasteiger partial charge in [-0.2, -0.15) is 0 Å². The van der Waals surface area contributed by atoms with Crippen molar-refractivity contribution in [2.24, 2.45) is 5.92 Å². The largest absolute Gasteiger partial charge is 0.457 e. The first-order valence-electron chi connectivity index (χ1n) is 9.04. The van der Waals surface area contributed by atoms with Crippen molar-refractivity contribution >= 4 is 21.6 Å². The van der Waals surface area contributed by atoms with Crippen molar-refractivity contribution in [3.05, 3.63) is 66.1 Å². The van der Waals surface area contributed by atoms with Crippen LogP contribution < -0.4 is 4.74 Å². The van der Waals surface area contributed by atoms with Gasteiger partial charge >= 0.3 is 0 Å². The van der Waals surface area contributed by atoms with E-state index in [1.807, 2.05) is 54.6 Å². The first-order chi connectivity index (χ1) is 13.6. The smallest absolute Gasteiger partial charge is 0.276 e. The fraction of sp³-hybridized carbons (Fsp3) is 0.300. The molecular formula is C20H20N2O4S2. The molecule has 3 aromatic rings. The van der Waals surface area contributed by atoms with Crippen LogP contribution in [0.25, 0.3) is 0 Å². The first kappa shape index (κ1) is 19.0. The van der Waals surface area contributed by atoms with E-state index in [0.29, 0.717) is 29.7 Å². The summed E-state index contributed by atoms with van der Waals surface area (Å²) < 4.78 is 34.8. The number of benzene rings is 2. The third-order valence-electron chi connectivity index (χ3n) is 4.53. The van der Waals surface area contributed by atoms with Crippen LogP contribution >= 0.6 is 11.8 Å². The maximum absolute atomic E-state index is 11.6. The minimum Gasteiger partial charge on any atom is -0.457 e. The minimum absolute atomic E-state index is 0.0725. The Balaban J connectivity index is 1.37. The highest BCUT2D eigenvalue weighted by molar-refractivity contribution is 7.98. The van der Waals surface area contributed by atoms with E-state index >= 15 is 0 Å². The molecular weight excluding hydrogens is 396 g/mol. The second kappa shape index (κ2) is 8.36. The van der Waals surface area contributed by atoms with Gasteiger partial charge in [-0.1, -0.05) is 48.2 Å². The molecule has 4 rings (SSSR count). The average molecular weight is 417 g/mol. The maximum Gasteiger partial charge on any atom is 0.276 e. The van der Waals surface area contributed by atoms with E-state index in [-0.39, 0.29) is 17.4 Å². The molecule has 1 atom stereocenters. The Kier molecular flexibility index (Phi) is 5.68. The molecule has 0 radical (unpaired) electrons. The summed E-state index contributed by atoms with van der Waals surface area (Å²) >= 11 is 1.44. The maximum atomic E-state index is 11.6. The van der Waals surface area contributed by atoms with Crippen LogP contribution in [-0.2, 0) is 22.0 Å². The zero-order chi connectivity index (χ0) is 19.4. The zero-order valence-electron chi connectivity index (χ0n) is 15.2.